The Morgan fingerprint density at radius 2 is 1.22 bits per heavy atom. The van der Waals surface area contributed by atoms with E-state index >= 15 is 0 Å². The number of hydrogen-bond donors (Lipinski definition) is 0. The van der Waals surface area contributed by atoms with E-state index in [1.54, 1.807) is 25.7 Å². The van der Waals surface area contributed by atoms with Crippen LogP contribution in [0.1, 0.15) is 111 Å². The van der Waals surface area contributed by atoms with E-state index in [1.807, 2.05) is 0 Å². The Morgan fingerprint density at radius 3 is 1.72 bits per heavy atom. The summed E-state index contributed by atoms with van der Waals surface area (Å²) in [5.41, 5.74) is 2.19. The zero-order chi connectivity index (χ0) is 22.5. The predicted molar refractivity (Wildman–Crippen MR) is 142 cm³/mol. The van der Waals surface area contributed by atoms with Crippen LogP contribution in [0.5, 0.6) is 0 Å². The Bertz CT molecular complexity index is 542. The van der Waals surface area contributed by atoms with Crippen LogP contribution in [0.2, 0.25) is 0 Å². The molecule has 3 heteroatoms. The molecule has 0 N–H and O–H groups in total. The van der Waals surface area contributed by atoms with Crippen molar-refractivity contribution in [1.29, 1.82) is 0 Å². The summed E-state index contributed by atoms with van der Waals surface area (Å²) in [6.07, 6.45) is 26.1. The minimum Gasteiger partial charge on any atom is -0.358 e. The van der Waals surface area contributed by atoms with Crippen LogP contribution in [0.25, 0.3) is 0 Å². The summed E-state index contributed by atoms with van der Waals surface area (Å²) >= 11 is 0. The molecule has 32 heavy (non-hydrogen) atoms. The fraction of sp³-hybridized carbons (Fsp3) is 0.931. The van der Waals surface area contributed by atoms with Crippen molar-refractivity contribution in [1.82, 2.24) is 9.80 Å². The molecular formula is C29H53N2P. The van der Waals surface area contributed by atoms with Gasteiger partial charge in [-0.05, 0) is 79.7 Å². The topological polar surface area (TPSA) is 6.48 Å². The highest BCUT2D eigenvalue weighted by Crippen LogP contribution is 2.55. The minimum absolute atomic E-state index is 0.226. The van der Waals surface area contributed by atoms with Crippen molar-refractivity contribution < 1.29 is 0 Å². The van der Waals surface area contributed by atoms with Crippen LogP contribution in [0.15, 0.2) is 12.4 Å². The van der Waals surface area contributed by atoms with Gasteiger partial charge in [-0.15, -0.1) is 0 Å². The molecule has 2 atom stereocenters. The van der Waals surface area contributed by atoms with E-state index in [2.05, 4.69) is 49.9 Å². The lowest BCUT2D eigenvalue weighted by Gasteiger charge is -2.47. The Hall–Kier alpha value is -0.230. The lowest BCUT2D eigenvalue weighted by molar-refractivity contribution is 0.0331. The standard InChI is InChI=1S/C29H53N2P/c1-23(2)27-16-11-17-28(24(3)4)29(27)31-19-18-30(22-31)20-21-32(25-12-7-5-8-13-25)26-14-9-6-10-15-26/h18-19,23-29H,5-17,20-22H2,1-4H3. The molecule has 1 heterocycles. The van der Waals surface area contributed by atoms with E-state index in [0.717, 1.165) is 47.7 Å². The first-order valence-corrected chi connectivity index (χ1v) is 16.1. The Kier molecular flexibility index (Phi) is 9.29. The molecule has 0 aromatic rings. The number of nitrogens with zero attached hydrogens (tertiary/aromatic N) is 2. The van der Waals surface area contributed by atoms with Gasteiger partial charge in [-0.3, -0.25) is 0 Å². The van der Waals surface area contributed by atoms with Crippen LogP contribution in [-0.4, -0.2) is 46.5 Å². The predicted octanol–water partition coefficient (Wildman–Crippen LogP) is 8.28. The average molecular weight is 461 g/mol. The van der Waals surface area contributed by atoms with E-state index in [0.29, 0.717) is 0 Å². The highest BCUT2D eigenvalue weighted by molar-refractivity contribution is 7.59. The molecule has 4 rings (SSSR count). The van der Waals surface area contributed by atoms with Gasteiger partial charge in [0.1, 0.15) is 0 Å². The normalized spacial score (nSPS) is 30.9. The molecule has 3 aliphatic carbocycles. The Labute approximate surface area is 201 Å². The highest BCUT2D eigenvalue weighted by Gasteiger charge is 2.40. The van der Waals surface area contributed by atoms with Gasteiger partial charge in [-0.25, -0.2) is 0 Å². The lowest BCUT2D eigenvalue weighted by atomic mass is 9.68. The van der Waals surface area contributed by atoms with Crippen LogP contribution in [0.4, 0.5) is 0 Å². The van der Waals surface area contributed by atoms with Gasteiger partial charge in [0, 0.05) is 25.0 Å². The highest BCUT2D eigenvalue weighted by atomic mass is 31.1. The van der Waals surface area contributed by atoms with E-state index in [9.17, 15) is 0 Å². The van der Waals surface area contributed by atoms with Gasteiger partial charge in [0.2, 0.25) is 0 Å². The smallest absolute Gasteiger partial charge is 0.0896 e. The van der Waals surface area contributed by atoms with Gasteiger partial charge >= 0.3 is 0 Å². The van der Waals surface area contributed by atoms with E-state index in [4.69, 9.17) is 0 Å². The molecule has 4 aliphatic rings. The third-order valence-electron chi connectivity index (χ3n) is 9.59. The first-order chi connectivity index (χ1) is 15.5. The Morgan fingerprint density at radius 1 is 0.688 bits per heavy atom. The van der Waals surface area contributed by atoms with Gasteiger partial charge in [0.05, 0.1) is 6.67 Å². The second-order valence-corrected chi connectivity index (χ2v) is 15.3. The maximum atomic E-state index is 2.78. The second-order valence-electron chi connectivity index (χ2n) is 12.3. The van der Waals surface area contributed by atoms with Crippen LogP contribution in [0.3, 0.4) is 0 Å². The molecule has 2 unspecified atom stereocenters. The summed E-state index contributed by atoms with van der Waals surface area (Å²) in [4.78, 5) is 5.47. The third-order valence-corrected chi connectivity index (χ3v) is 13.2. The molecular weight excluding hydrogens is 407 g/mol. The lowest BCUT2D eigenvalue weighted by Crippen LogP contribution is -2.49. The zero-order valence-corrected chi connectivity index (χ0v) is 22.7. The molecule has 0 aromatic carbocycles. The van der Waals surface area contributed by atoms with Crippen molar-refractivity contribution in [3.8, 4) is 0 Å². The van der Waals surface area contributed by atoms with Crippen LogP contribution >= 0.6 is 7.92 Å². The van der Waals surface area contributed by atoms with Crippen molar-refractivity contribution in [3.63, 3.8) is 0 Å². The molecule has 0 spiro atoms. The molecule has 3 fully saturated rings. The second kappa shape index (κ2) is 12.0. The summed E-state index contributed by atoms with van der Waals surface area (Å²) in [6, 6.07) is 0.753. The molecule has 0 amide bonds. The molecule has 0 bridgehead atoms. The van der Waals surface area contributed by atoms with E-state index in [-0.39, 0.29) is 7.92 Å². The van der Waals surface area contributed by atoms with Gasteiger partial charge < -0.3 is 9.80 Å². The molecule has 2 nitrogen and oxygen atoms in total. The Balaban J connectivity index is 1.37. The van der Waals surface area contributed by atoms with Gasteiger partial charge in [0.25, 0.3) is 0 Å². The largest absolute Gasteiger partial charge is 0.358 e. The molecule has 0 aromatic heterocycles. The maximum absolute atomic E-state index is 2.78. The quantitative estimate of drug-likeness (QED) is 0.336. The van der Waals surface area contributed by atoms with Gasteiger partial charge in [0.15, 0.2) is 0 Å². The monoisotopic (exact) mass is 460 g/mol. The first kappa shape index (κ1) is 24.9. The first-order valence-electron chi connectivity index (χ1n) is 14.5. The summed E-state index contributed by atoms with van der Waals surface area (Å²) in [5, 5.41) is 0. The fourth-order valence-corrected chi connectivity index (χ4v) is 11.6. The minimum atomic E-state index is 0.226. The molecule has 1 aliphatic heterocycles. The van der Waals surface area contributed by atoms with E-state index in [1.165, 1.54) is 70.5 Å². The van der Waals surface area contributed by atoms with Crippen LogP contribution < -0.4 is 0 Å². The van der Waals surface area contributed by atoms with E-state index < -0.39 is 0 Å². The van der Waals surface area contributed by atoms with Gasteiger partial charge in [-0.2, -0.15) is 0 Å². The molecule has 0 saturated heterocycles. The number of hydrogen-bond acceptors (Lipinski definition) is 2. The fourth-order valence-electron chi connectivity index (χ4n) is 7.75. The molecule has 184 valence electrons. The van der Waals surface area contributed by atoms with Crippen LogP contribution in [-0.2, 0) is 0 Å². The van der Waals surface area contributed by atoms with Crippen molar-refractivity contribution in [2.75, 3.05) is 19.4 Å². The average Bonchev–Trinajstić information content (AvgIpc) is 3.28. The van der Waals surface area contributed by atoms with Crippen molar-refractivity contribution in [2.24, 2.45) is 23.7 Å². The summed E-state index contributed by atoms with van der Waals surface area (Å²) in [7, 11) is 0.226. The number of rotatable bonds is 8. The SMILES string of the molecule is CC(C)C1CCCC(C(C)C)C1N1C=CN(CCP(C2CCCCC2)C2CCCCC2)C1. The summed E-state index contributed by atoms with van der Waals surface area (Å²) < 4.78 is 0. The van der Waals surface area contributed by atoms with Crippen molar-refractivity contribution in [2.45, 2.75) is 129 Å². The van der Waals surface area contributed by atoms with Crippen molar-refractivity contribution >= 4 is 7.92 Å². The molecule has 0 radical (unpaired) electrons. The summed E-state index contributed by atoms with van der Waals surface area (Å²) in [5.74, 6) is 3.33. The third kappa shape index (κ3) is 6.06. The zero-order valence-electron chi connectivity index (χ0n) is 21.9. The maximum Gasteiger partial charge on any atom is 0.0896 e. The summed E-state index contributed by atoms with van der Waals surface area (Å²) in [6.45, 7) is 12.4. The van der Waals surface area contributed by atoms with Crippen LogP contribution in [0, 0.1) is 23.7 Å². The molecule has 3 saturated carbocycles. The van der Waals surface area contributed by atoms with Gasteiger partial charge in [-0.1, -0.05) is 80.6 Å². The van der Waals surface area contributed by atoms with Crippen molar-refractivity contribution in [3.05, 3.63) is 12.4 Å².